The summed E-state index contributed by atoms with van der Waals surface area (Å²) in [5, 5.41) is 16.3. The zero-order valence-electron chi connectivity index (χ0n) is 20.3. The minimum absolute atomic E-state index is 0.218. The third kappa shape index (κ3) is 5.62. The van der Waals surface area contributed by atoms with Crippen molar-refractivity contribution >= 4 is 11.9 Å². The first-order valence-corrected chi connectivity index (χ1v) is 11.3. The van der Waals surface area contributed by atoms with E-state index in [9.17, 15) is 4.79 Å². The zero-order valence-corrected chi connectivity index (χ0v) is 20.3. The van der Waals surface area contributed by atoms with Gasteiger partial charge in [0.2, 0.25) is 5.88 Å². The number of ether oxygens (including phenoxy) is 2. The molecule has 0 spiro atoms. The molecule has 0 unspecified atom stereocenters. The average Bonchev–Trinajstić information content (AvgIpc) is 3.24. The number of anilines is 1. The lowest BCUT2D eigenvalue weighted by molar-refractivity contribution is 0.0210. The summed E-state index contributed by atoms with van der Waals surface area (Å²) in [5.41, 5.74) is 2.64. The molecule has 10 nitrogen and oxygen atoms in total. The van der Waals surface area contributed by atoms with E-state index in [1.807, 2.05) is 58.3 Å². The monoisotopic (exact) mass is 465 g/mol. The Labute approximate surface area is 199 Å². The van der Waals surface area contributed by atoms with Gasteiger partial charge < -0.3 is 19.7 Å². The van der Waals surface area contributed by atoms with Crippen molar-refractivity contribution in [2.24, 2.45) is 7.05 Å². The lowest BCUT2D eigenvalue weighted by Crippen LogP contribution is -2.44. The highest BCUT2D eigenvalue weighted by Gasteiger charge is 2.27. The summed E-state index contributed by atoms with van der Waals surface area (Å²) >= 11 is 0. The second-order valence-corrected chi connectivity index (χ2v) is 9.35. The van der Waals surface area contributed by atoms with E-state index in [0.717, 1.165) is 24.0 Å². The van der Waals surface area contributed by atoms with Gasteiger partial charge in [-0.05, 0) is 57.9 Å². The molecule has 4 rings (SSSR count). The van der Waals surface area contributed by atoms with Crippen LogP contribution in [0.3, 0.4) is 0 Å². The number of aryl methyl sites for hydroxylation is 1. The van der Waals surface area contributed by atoms with Gasteiger partial charge in [-0.25, -0.2) is 9.78 Å². The largest absolute Gasteiger partial charge is 0.481 e. The molecule has 0 aliphatic carbocycles. The van der Waals surface area contributed by atoms with Crippen LogP contribution in [0.5, 0.6) is 5.88 Å². The van der Waals surface area contributed by atoms with Crippen LogP contribution < -0.4 is 10.1 Å². The summed E-state index contributed by atoms with van der Waals surface area (Å²) in [4.78, 5) is 18.6. The summed E-state index contributed by atoms with van der Waals surface area (Å²) in [6.45, 7) is 6.92. The number of methoxy groups -OCH3 is 1. The molecule has 4 heterocycles. The van der Waals surface area contributed by atoms with Crippen LogP contribution >= 0.6 is 0 Å². The Morgan fingerprint density at radius 2 is 1.82 bits per heavy atom. The fraction of sp³-hybridized carbons (Fsp3) is 0.458. The lowest BCUT2D eigenvalue weighted by Gasteiger charge is -2.33. The Morgan fingerprint density at radius 1 is 1.09 bits per heavy atom. The zero-order chi connectivity index (χ0) is 24.3. The Hall–Kier alpha value is -3.69. The van der Waals surface area contributed by atoms with Crippen molar-refractivity contribution in [3.63, 3.8) is 0 Å². The second-order valence-electron chi connectivity index (χ2n) is 9.35. The highest BCUT2D eigenvalue weighted by Crippen LogP contribution is 2.30. The molecule has 1 amide bonds. The number of amides is 1. The van der Waals surface area contributed by atoms with E-state index < -0.39 is 5.60 Å². The predicted molar refractivity (Wildman–Crippen MR) is 128 cm³/mol. The average molecular weight is 466 g/mol. The van der Waals surface area contributed by atoms with Gasteiger partial charge >= 0.3 is 6.09 Å². The molecule has 1 N–H and O–H groups in total. The fourth-order valence-electron chi connectivity index (χ4n) is 3.81. The Kier molecular flexibility index (Phi) is 6.67. The molecule has 0 atom stereocenters. The van der Waals surface area contributed by atoms with Gasteiger partial charge in [-0.2, -0.15) is 5.10 Å². The molecule has 0 bridgehead atoms. The molecule has 1 aliphatic rings. The van der Waals surface area contributed by atoms with E-state index in [-0.39, 0.29) is 12.1 Å². The third-order valence-corrected chi connectivity index (χ3v) is 5.50. The molecule has 1 saturated heterocycles. The fourth-order valence-corrected chi connectivity index (χ4v) is 3.81. The maximum absolute atomic E-state index is 12.2. The molecule has 1 aliphatic heterocycles. The summed E-state index contributed by atoms with van der Waals surface area (Å²) in [5.74, 6) is 1.20. The van der Waals surface area contributed by atoms with Gasteiger partial charge in [0.25, 0.3) is 0 Å². The van der Waals surface area contributed by atoms with Crippen molar-refractivity contribution in [1.29, 1.82) is 0 Å². The highest BCUT2D eigenvalue weighted by atomic mass is 16.6. The number of hydrogen-bond acceptors (Lipinski definition) is 8. The Morgan fingerprint density at radius 3 is 2.41 bits per heavy atom. The summed E-state index contributed by atoms with van der Waals surface area (Å²) < 4.78 is 12.7. The van der Waals surface area contributed by atoms with E-state index in [4.69, 9.17) is 9.47 Å². The summed E-state index contributed by atoms with van der Waals surface area (Å²) in [6, 6.07) is 7.84. The number of nitrogens with zero attached hydrogens (tertiary/aromatic N) is 6. The molecule has 0 saturated carbocycles. The first kappa shape index (κ1) is 23.5. The van der Waals surface area contributed by atoms with Gasteiger partial charge in [-0.15, -0.1) is 10.2 Å². The molecule has 34 heavy (non-hydrogen) atoms. The number of likely N-dealkylation sites (tertiary alicyclic amines) is 1. The standard InChI is InChI=1S/C24H31N7O3/c1-24(2,3)34-23(32)31-12-10-17(11-13-31)26-21-9-8-20(28-29-21)19-7-6-18(22(27-19)33-5)16-14-25-30(4)15-16/h6-9,14-15,17H,10-13H2,1-5H3,(H,26,29). The van der Waals surface area contributed by atoms with Crippen molar-refractivity contribution < 1.29 is 14.3 Å². The number of nitrogens with one attached hydrogen (secondary N) is 1. The molecule has 1 fully saturated rings. The van der Waals surface area contributed by atoms with Gasteiger partial charge in [0, 0.05) is 43.5 Å². The van der Waals surface area contributed by atoms with Crippen LogP contribution in [0.25, 0.3) is 22.5 Å². The van der Waals surface area contributed by atoms with Gasteiger partial charge in [-0.3, -0.25) is 4.68 Å². The number of carbonyl (C=O) groups excluding carboxylic acids is 1. The van der Waals surface area contributed by atoms with Crippen LogP contribution in [0.2, 0.25) is 0 Å². The van der Waals surface area contributed by atoms with Gasteiger partial charge in [-0.1, -0.05) is 0 Å². The van der Waals surface area contributed by atoms with Crippen LogP contribution in [-0.2, 0) is 11.8 Å². The minimum atomic E-state index is -0.485. The maximum atomic E-state index is 12.2. The van der Waals surface area contributed by atoms with Crippen LogP contribution in [0, 0.1) is 0 Å². The first-order valence-electron chi connectivity index (χ1n) is 11.3. The second kappa shape index (κ2) is 9.66. The van der Waals surface area contributed by atoms with Crippen LogP contribution in [0.1, 0.15) is 33.6 Å². The summed E-state index contributed by atoms with van der Waals surface area (Å²) in [6.07, 6.45) is 5.07. The van der Waals surface area contributed by atoms with E-state index >= 15 is 0 Å². The van der Waals surface area contributed by atoms with Crippen molar-refractivity contribution in [3.8, 4) is 28.4 Å². The normalized spacial score (nSPS) is 14.7. The van der Waals surface area contributed by atoms with Crippen molar-refractivity contribution in [3.05, 3.63) is 36.7 Å². The SMILES string of the molecule is COc1nc(-c2ccc(NC3CCN(C(=O)OC(C)(C)C)CC3)nn2)ccc1-c1cnn(C)c1. The molecule has 0 radical (unpaired) electrons. The van der Waals surface area contributed by atoms with Gasteiger partial charge in [0.15, 0.2) is 0 Å². The van der Waals surface area contributed by atoms with E-state index in [1.165, 1.54) is 0 Å². The molecular formula is C24H31N7O3. The first-order chi connectivity index (χ1) is 16.2. The molecule has 180 valence electrons. The number of pyridine rings is 1. The molecule has 10 heteroatoms. The van der Waals surface area contributed by atoms with E-state index in [0.29, 0.717) is 36.2 Å². The highest BCUT2D eigenvalue weighted by molar-refractivity contribution is 5.70. The topological polar surface area (TPSA) is 107 Å². The van der Waals surface area contributed by atoms with Gasteiger partial charge in [0.05, 0.1) is 19.0 Å². The van der Waals surface area contributed by atoms with E-state index in [1.54, 1.807) is 22.9 Å². The van der Waals surface area contributed by atoms with E-state index in [2.05, 4.69) is 25.6 Å². The molecular weight excluding hydrogens is 434 g/mol. The maximum Gasteiger partial charge on any atom is 0.410 e. The predicted octanol–water partition coefficient (Wildman–Crippen LogP) is 3.76. The van der Waals surface area contributed by atoms with Crippen molar-refractivity contribution in [2.75, 3.05) is 25.5 Å². The number of hydrogen-bond donors (Lipinski definition) is 1. The lowest BCUT2D eigenvalue weighted by atomic mass is 10.1. The van der Waals surface area contributed by atoms with Gasteiger partial charge in [0.1, 0.15) is 17.1 Å². The van der Waals surface area contributed by atoms with Crippen LogP contribution in [0.15, 0.2) is 36.7 Å². The number of carbonyl (C=O) groups is 1. The quantitative estimate of drug-likeness (QED) is 0.607. The Bertz CT molecular complexity index is 1130. The number of piperidine rings is 1. The van der Waals surface area contributed by atoms with Crippen molar-refractivity contribution in [1.82, 2.24) is 29.9 Å². The summed E-state index contributed by atoms with van der Waals surface area (Å²) in [7, 11) is 3.46. The number of rotatable bonds is 5. The third-order valence-electron chi connectivity index (χ3n) is 5.50. The molecule has 3 aromatic rings. The van der Waals surface area contributed by atoms with Crippen molar-refractivity contribution in [2.45, 2.75) is 45.3 Å². The molecule has 3 aromatic heterocycles. The Balaban J connectivity index is 1.37. The molecule has 0 aromatic carbocycles. The van der Waals surface area contributed by atoms with Crippen LogP contribution in [0.4, 0.5) is 10.6 Å². The minimum Gasteiger partial charge on any atom is -0.481 e. The van der Waals surface area contributed by atoms with Crippen LogP contribution in [-0.4, -0.2) is 67.8 Å². The smallest absolute Gasteiger partial charge is 0.410 e. The number of aromatic nitrogens is 5.